The summed E-state index contributed by atoms with van der Waals surface area (Å²) in [5.41, 5.74) is 4.22. The molecular formula is C18H21N5O2. The van der Waals surface area contributed by atoms with E-state index in [0.717, 1.165) is 35.7 Å². The van der Waals surface area contributed by atoms with E-state index in [1.165, 1.54) is 0 Å². The molecule has 130 valence electrons. The van der Waals surface area contributed by atoms with Crippen LogP contribution < -0.4 is 5.32 Å². The van der Waals surface area contributed by atoms with Crippen molar-refractivity contribution in [3.05, 3.63) is 53.1 Å². The van der Waals surface area contributed by atoms with Crippen molar-refractivity contribution in [3.63, 3.8) is 0 Å². The van der Waals surface area contributed by atoms with Crippen molar-refractivity contribution < 1.29 is 9.26 Å². The van der Waals surface area contributed by atoms with Crippen molar-refractivity contribution in [2.24, 2.45) is 0 Å². The smallest absolute Gasteiger partial charge is 0.257 e. The Kier molecular flexibility index (Phi) is 4.33. The summed E-state index contributed by atoms with van der Waals surface area (Å²) in [5.74, 6) is 1.16. The zero-order valence-corrected chi connectivity index (χ0v) is 14.4. The molecule has 1 N–H and O–H groups in total. The molecule has 4 rings (SSSR count). The number of ether oxygens (including phenoxy) is 1. The third-order valence-electron chi connectivity index (χ3n) is 4.28. The Labute approximate surface area is 146 Å². The Balaban J connectivity index is 1.55. The summed E-state index contributed by atoms with van der Waals surface area (Å²) in [6.45, 7) is 6.86. The van der Waals surface area contributed by atoms with Gasteiger partial charge in [0.2, 0.25) is 0 Å². The second kappa shape index (κ2) is 6.78. The fraction of sp³-hybridized carbons (Fsp3) is 0.389. The third kappa shape index (κ3) is 3.47. The van der Waals surface area contributed by atoms with Crippen molar-refractivity contribution in [3.8, 4) is 11.5 Å². The van der Waals surface area contributed by atoms with E-state index >= 15 is 0 Å². The second-order valence-corrected chi connectivity index (χ2v) is 6.32. The maximum absolute atomic E-state index is 5.46. The Hall–Kier alpha value is -2.51. The van der Waals surface area contributed by atoms with Gasteiger partial charge >= 0.3 is 0 Å². The van der Waals surface area contributed by atoms with Gasteiger partial charge in [0.05, 0.1) is 31.5 Å². The molecular weight excluding hydrogens is 318 g/mol. The van der Waals surface area contributed by atoms with Gasteiger partial charge in [0.15, 0.2) is 5.82 Å². The van der Waals surface area contributed by atoms with E-state index in [2.05, 4.69) is 45.7 Å². The first-order chi connectivity index (χ1) is 12.2. The van der Waals surface area contributed by atoms with Crippen LogP contribution in [0.25, 0.3) is 11.5 Å². The summed E-state index contributed by atoms with van der Waals surface area (Å²) in [7, 11) is 0. The lowest BCUT2D eigenvalue weighted by Gasteiger charge is -2.20. The molecule has 0 amide bonds. The van der Waals surface area contributed by atoms with E-state index in [1.54, 1.807) is 0 Å². The lowest BCUT2D eigenvalue weighted by atomic mass is 10.1. The van der Waals surface area contributed by atoms with Crippen LogP contribution in [0.5, 0.6) is 0 Å². The number of rotatable bonds is 4. The molecule has 0 radical (unpaired) electrons. The quantitative estimate of drug-likeness (QED) is 0.785. The maximum Gasteiger partial charge on any atom is 0.257 e. The topological polar surface area (TPSA) is 78.0 Å². The first-order valence-electron chi connectivity index (χ1n) is 8.44. The minimum atomic E-state index is -0.0101. The molecule has 0 saturated carbocycles. The lowest BCUT2D eigenvalue weighted by molar-refractivity contribution is 0.0734. The van der Waals surface area contributed by atoms with Gasteiger partial charge in [0, 0.05) is 17.8 Å². The minimum absolute atomic E-state index is 0.0101. The van der Waals surface area contributed by atoms with Crippen molar-refractivity contribution in [2.45, 2.75) is 26.4 Å². The highest BCUT2D eigenvalue weighted by Gasteiger charge is 2.21. The molecule has 3 aromatic rings. The van der Waals surface area contributed by atoms with Gasteiger partial charge in [-0.3, -0.25) is 4.68 Å². The van der Waals surface area contributed by atoms with E-state index in [9.17, 15) is 0 Å². The van der Waals surface area contributed by atoms with Crippen LogP contribution in [-0.2, 0) is 11.3 Å². The van der Waals surface area contributed by atoms with Gasteiger partial charge in [-0.25, -0.2) is 0 Å². The van der Waals surface area contributed by atoms with E-state index in [4.69, 9.17) is 9.26 Å². The van der Waals surface area contributed by atoms with Crippen LogP contribution in [0.15, 0.2) is 34.9 Å². The van der Waals surface area contributed by atoms with Crippen molar-refractivity contribution in [2.75, 3.05) is 19.8 Å². The molecule has 1 fully saturated rings. The zero-order chi connectivity index (χ0) is 17.2. The molecule has 1 aromatic carbocycles. The van der Waals surface area contributed by atoms with Crippen molar-refractivity contribution in [1.82, 2.24) is 25.2 Å². The summed E-state index contributed by atoms with van der Waals surface area (Å²) in [4.78, 5) is 4.53. The lowest BCUT2D eigenvalue weighted by Crippen LogP contribution is -2.35. The molecule has 1 aliphatic heterocycles. The number of hydrogen-bond donors (Lipinski definition) is 1. The molecule has 25 heavy (non-hydrogen) atoms. The molecule has 0 bridgehead atoms. The van der Waals surface area contributed by atoms with Gasteiger partial charge < -0.3 is 14.6 Å². The van der Waals surface area contributed by atoms with Gasteiger partial charge in [-0.2, -0.15) is 10.1 Å². The highest BCUT2D eigenvalue weighted by molar-refractivity contribution is 5.54. The highest BCUT2D eigenvalue weighted by atomic mass is 16.5. The van der Waals surface area contributed by atoms with Crippen LogP contribution in [-0.4, -0.2) is 39.7 Å². The van der Waals surface area contributed by atoms with Crippen molar-refractivity contribution in [1.29, 1.82) is 0 Å². The van der Waals surface area contributed by atoms with Crippen LogP contribution in [0.3, 0.4) is 0 Å². The zero-order valence-electron chi connectivity index (χ0n) is 14.4. The van der Waals surface area contributed by atoms with Gasteiger partial charge in [-0.15, -0.1) is 0 Å². The molecule has 3 heterocycles. The molecule has 7 nitrogen and oxygen atoms in total. The standard InChI is InChI=1S/C18H21N5O2/c1-12-8-13(2)23(21-12)10-14-4-3-5-15(9-14)18-20-17(22-25-18)16-11-24-7-6-19-16/h3-5,8-9,16,19H,6-7,10-11H2,1-2H3. The molecule has 2 aromatic heterocycles. The largest absolute Gasteiger partial charge is 0.378 e. The van der Waals surface area contributed by atoms with E-state index in [-0.39, 0.29) is 6.04 Å². The monoisotopic (exact) mass is 339 g/mol. The first kappa shape index (κ1) is 16.0. The summed E-state index contributed by atoms with van der Waals surface area (Å²) in [6, 6.07) is 10.2. The predicted molar refractivity (Wildman–Crippen MR) is 92.1 cm³/mol. The fourth-order valence-electron chi connectivity index (χ4n) is 3.04. The van der Waals surface area contributed by atoms with Gasteiger partial charge in [-0.05, 0) is 37.6 Å². The number of nitrogens with zero attached hydrogens (tertiary/aromatic N) is 4. The molecule has 0 aliphatic carbocycles. The van der Waals surface area contributed by atoms with E-state index in [0.29, 0.717) is 24.9 Å². The average molecular weight is 339 g/mol. The molecule has 1 atom stereocenters. The SMILES string of the molecule is Cc1cc(C)n(Cc2cccc(-c3nc(C4COCCN4)no3)c2)n1. The first-order valence-corrected chi connectivity index (χ1v) is 8.44. The molecule has 0 spiro atoms. The summed E-state index contributed by atoms with van der Waals surface area (Å²) in [6.07, 6.45) is 0. The maximum atomic E-state index is 5.46. The Bertz CT molecular complexity index is 864. The van der Waals surface area contributed by atoms with E-state index < -0.39 is 0 Å². The third-order valence-corrected chi connectivity index (χ3v) is 4.28. The Morgan fingerprint density at radius 2 is 2.20 bits per heavy atom. The number of aryl methyl sites for hydroxylation is 2. The fourth-order valence-corrected chi connectivity index (χ4v) is 3.04. The summed E-state index contributed by atoms with van der Waals surface area (Å²) < 4.78 is 12.9. The average Bonchev–Trinajstić information content (AvgIpc) is 3.23. The number of benzene rings is 1. The molecule has 7 heteroatoms. The summed E-state index contributed by atoms with van der Waals surface area (Å²) in [5, 5.41) is 11.9. The normalized spacial score (nSPS) is 17.8. The van der Waals surface area contributed by atoms with Gasteiger partial charge in [0.25, 0.3) is 5.89 Å². The highest BCUT2D eigenvalue weighted by Crippen LogP contribution is 2.22. The van der Waals surface area contributed by atoms with Crippen LogP contribution in [0.2, 0.25) is 0 Å². The van der Waals surface area contributed by atoms with Gasteiger partial charge in [0.1, 0.15) is 0 Å². The minimum Gasteiger partial charge on any atom is -0.378 e. The van der Waals surface area contributed by atoms with E-state index in [1.807, 2.05) is 23.7 Å². The van der Waals surface area contributed by atoms with Gasteiger partial charge in [-0.1, -0.05) is 17.3 Å². The number of morpholine rings is 1. The molecule has 1 saturated heterocycles. The predicted octanol–water partition coefficient (Wildman–Crippen LogP) is 2.26. The number of aromatic nitrogens is 4. The van der Waals surface area contributed by atoms with Crippen molar-refractivity contribution >= 4 is 0 Å². The molecule has 1 aliphatic rings. The summed E-state index contributed by atoms with van der Waals surface area (Å²) >= 11 is 0. The second-order valence-electron chi connectivity index (χ2n) is 6.32. The van der Waals surface area contributed by atoms with Crippen LogP contribution >= 0.6 is 0 Å². The Morgan fingerprint density at radius 1 is 1.28 bits per heavy atom. The number of hydrogen-bond acceptors (Lipinski definition) is 6. The Morgan fingerprint density at radius 3 is 2.96 bits per heavy atom. The van der Waals surface area contributed by atoms with Crippen LogP contribution in [0.4, 0.5) is 0 Å². The number of nitrogens with one attached hydrogen (secondary N) is 1. The molecule has 1 unspecified atom stereocenters. The van der Waals surface area contributed by atoms with Crippen LogP contribution in [0.1, 0.15) is 28.8 Å². The van der Waals surface area contributed by atoms with Crippen LogP contribution in [0, 0.1) is 13.8 Å².